The van der Waals surface area contributed by atoms with Gasteiger partial charge in [-0.05, 0) is 31.6 Å². The molecular formula is C22H35N5O3. The van der Waals surface area contributed by atoms with Gasteiger partial charge in [-0.15, -0.1) is 0 Å². The Morgan fingerprint density at radius 2 is 1.90 bits per heavy atom. The van der Waals surface area contributed by atoms with Crippen LogP contribution in [0.5, 0.6) is 0 Å². The maximum Gasteiger partial charge on any atom is 0.227 e. The number of rotatable bonds is 7. The zero-order valence-corrected chi connectivity index (χ0v) is 18.0. The van der Waals surface area contributed by atoms with Gasteiger partial charge in [0.1, 0.15) is 0 Å². The maximum absolute atomic E-state index is 13.1. The van der Waals surface area contributed by atoms with Gasteiger partial charge in [-0.25, -0.2) is 4.98 Å². The lowest BCUT2D eigenvalue weighted by molar-refractivity contribution is -0.144. The van der Waals surface area contributed by atoms with Gasteiger partial charge in [0.25, 0.3) is 0 Å². The molecule has 0 aromatic carbocycles. The van der Waals surface area contributed by atoms with Crippen LogP contribution in [0.3, 0.4) is 0 Å². The van der Waals surface area contributed by atoms with Gasteiger partial charge in [0.2, 0.25) is 11.8 Å². The lowest BCUT2D eigenvalue weighted by Gasteiger charge is -2.38. The third-order valence-electron chi connectivity index (χ3n) is 6.81. The van der Waals surface area contributed by atoms with Crippen molar-refractivity contribution in [1.29, 1.82) is 0 Å². The molecule has 0 aliphatic carbocycles. The highest BCUT2D eigenvalue weighted by Crippen LogP contribution is 2.24. The highest BCUT2D eigenvalue weighted by Gasteiger charge is 2.34. The van der Waals surface area contributed by atoms with E-state index in [4.69, 9.17) is 4.74 Å². The summed E-state index contributed by atoms with van der Waals surface area (Å²) in [6.45, 7) is 8.56. The smallest absolute Gasteiger partial charge is 0.227 e. The number of hydrogen-bond acceptors (Lipinski definition) is 5. The molecule has 3 fully saturated rings. The van der Waals surface area contributed by atoms with Crippen LogP contribution in [0.2, 0.25) is 0 Å². The predicted octanol–water partition coefficient (Wildman–Crippen LogP) is 1.08. The summed E-state index contributed by atoms with van der Waals surface area (Å²) >= 11 is 0. The second kappa shape index (κ2) is 10.4. The van der Waals surface area contributed by atoms with Crippen LogP contribution in [0.4, 0.5) is 0 Å². The Kier molecular flexibility index (Phi) is 7.38. The van der Waals surface area contributed by atoms with Crippen molar-refractivity contribution < 1.29 is 14.3 Å². The second-order valence-electron chi connectivity index (χ2n) is 8.91. The van der Waals surface area contributed by atoms with E-state index in [1.807, 2.05) is 28.5 Å². The summed E-state index contributed by atoms with van der Waals surface area (Å²) in [6, 6.07) is 0. The van der Waals surface area contributed by atoms with E-state index in [-0.39, 0.29) is 17.7 Å². The highest BCUT2D eigenvalue weighted by molar-refractivity contribution is 5.84. The van der Waals surface area contributed by atoms with Gasteiger partial charge in [0, 0.05) is 71.2 Å². The minimum absolute atomic E-state index is 0.0312. The fourth-order valence-corrected chi connectivity index (χ4v) is 4.93. The molecule has 3 aliphatic heterocycles. The lowest BCUT2D eigenvalue weighted by atomic mass is 9.92. The van der Waals surface area contributed by atoms with E-state index in [1.54, 1.807) is 0 Å². The van der Waals surface area contributed by atoms with E-state index >= 15 is 0 Å². The Hall–Kier alpha value is -1.93. The number of aromatic nitrogens is 2. The van der Waals surface area contributed by atoms with Gasteiger partial charge in [-0.1, -0.05) is 0 Å². The summed E-state index contributed by atoms with van der Waals surface area (Å²) in [5.74, 6) is 1.03. The van der Waals surface area contributed by atoms with Crippen LogP contribution < -0.4 is 0 Å². The Balaban J connectivity index is 1.20. The molecule has 0 bridgehead atoms. The predicted molar refractivity (Wildman–Crippen MR) is 113 cm³/mol. The normalized spacial score (nSPS) is 24.4. The largest absolute Gasteiger partial charge is 0.379 e. The second-order valence-corrected chi connectivity index (χ2v) is 8.91. The molecule has 30 heavy (non-hydrogen) atoms. The molecule has 3 saturated heterocycles. The first-order chi connectivity index (χ1) is 14.7. The van der Waals surface area contributed by atoms with E-state index in [2.05, 4.69) is 14.5 Å². The summed E-state index contributed by atoms with van der Waals surface area (Å²) in [4.78, 5) is 36.0. The molecule has 0 N–H and O–H groups in total. The van der Waals surface area contributed by atoms with Gasteiger partial charge >= 0.3 is 0 Å². The van der Waals surface area contributed by atoms with Crippen LogP contribution in [0.25, 0.3) is 0 Å². The molecule has 1 aromatic rings. The molecule has 8 nitrogen and oxygen atoms in total. The number of ether oxygens (including phenoxy) is 1. The minimum atomic E-state index is -0.0312. The quantitative estimate of drug-likeness (QED) is 0.664. The third-order valence-corrected chi connectivity index (χ3v) is 6.81. The molecule has 1 atom stereocenters. The molecular weight excluding hydrogens is 382 g/mol. The summed E-state index contributed by atoms with van der Waals surface area (Å²) in [6.07, 6.45) is 9.94. The third kappa shape index (κ3) is 5.60. The number of morpholine rings is 1. The average Bonchev–Trinajstić information content (AvgIpc) is 3.29. The monoisotopic (exact) mass is 417 g/mol. The summed E-state index contributed by atoms with van der Waals surface area (Å²) in [7, 11) is 0. The van der Waals surface area contributed by atoms with Gasteiger partial charge in [0.15, 0.2) is 0 Å². The van der Waals surface area contributed by atoms with Crippen molar-refractivity contribution in [2.75, 3.05) is 59.0 Å². The standard InChI is InChI=1S/C22H35N5O3/c28-21-3-2-20(17-27(21)8-1-7-24-12-14-30-15-13-24)22(29)26-9-4-19(5-10-26)16-25-11-6-23-18-25/h6,11,18-20H,1-5,7-10,12-17H2. The Morgan fingerprint density at radius 3 is 2.63 bits per heavy atom. The van der Waals surface area contributed by atoms with Crippen molar-refractivity contribution in [3.05, 3.63) is 18.7 Å². The van der Waals surface area contributed by atoms with Crippen LogP contribution in [-0.2, 0) is 20.9 Å². The van der Waals surface area contributed by atoms with E-state index in [9.17, 15) is 9.59 Å². The fraction of sp³-hybridized carbons (Fsp3) is 0.773. The summed E-state index contributed by atoms with van der Waals surface area (Å²) in [5.41, 5.74) is 0. The number of carbonyl (C=O) groups excluding carboxylic acids is 2. The lowest BCUT2D eigenvalue weighted by Crippen LogP contribution is -2.49. The first-order valence-electron chi connectivity index (χ1n) is 11.5. The summed E-state index contributed by atoms with van der Waals surface area (Å²) < 4.78 is 7.52. The van der Waals surface area contributed by atoms with Crippen molar-refractivity contribution in [2.45, 2.75) is 38.6 Å². The van der Waals surface area contributed by atoms with Gasteiger partial charge < -0.3 is 19.1 Å². The molecule has 8 heteroatoms. The van der Waals surface area contributed by atoms with E-state index in [1.165, 1.54) is 0 Å². The van der Waals surface area contributed by atoms with Gasteiger partial charge in [0.05, 0.1) is 25.5 Å². The molecule has 1 unspecified atom stereocenters. The zero-order valence-electron chi connectivity index (χ0n) is 18.0. The Bertz CT molecular complexity index is 681. The first kappa shape index (κ1) is 21.3. The molecule has 0 radical (unpaired) electrons. The zero-order chi connectivity index (χ0) is 20.8. The molecule has 166 valence electrons. The number of imidazole rings is 1. The number of piperidine rings is 2. The van der Waals surface area contributed by atoms with Crippen LogP contribution in [0.15, 0.2) is 18.7 Å². The summed E-state index contributed by atoms with van der Waals surface area (Å²) in [5, 5.41) is 0. The molecule has 0 spiro atoms. The highest BCUT2D eigenvalue weighted by atomic mass is 16.5. The van der Waals surface area contributed by atoms with Crippen LogP contribution in [0, 0.1) is 11.8 Å². The van der Waals surface area contributed by atoms with E-state index < -0.39 is 0 Å². The van der Waals surface area contributed by atoms with Crippen molar-refractivity contribution in [3.63, 3.8) is 0 Å². The molecule has 1 aromatic heterocycles. The molecule has 0 saturated carbocycles. The number of nitrogens with zero attached hydrogens (tertiary/aromatic N) is 5. The van der Waals surface area contributed by atoms with E-state index in [0.29, 0.717) is 25.3 Å². The first-order valence-corrected chi connectivity index (χ1v) is 11.5. The number of carbonyl (C=O) groups is 2. The number of amides is 2. The SMILES string of the molecule is O=C1CCC(C(=O)N2CCC(Cn3ccnc3)CC2)CN1CCCN1CCOCC1. The average molecular weight is 418 g/mol. The van der Waals surface area contributed by atoms with Crippen LogP contribution >= 0.6 is 0 Å². The van der Waals surface area contributed by atoms with Crippen molar-refractivity contribution >= 4 is 11.8 Å². The molecule has 4 rings (SSSR count). The molecule has 4 heterocycles. The Labute approximate surface area is 179 Å². The van der Waals surface area contributed by atoms with Crippen molar-refractivity contribution in [3.8, 4) is 0 Å². The fourth-order valence-electron chi connectivity index (χ4n) is 4.93. The van der Waals surface area contributed by atoms with Crippen LogP contribution in [-0.4, -0.2) is 95.1 Å². The topological polar surface area (TPSA) is 70.9 Å². The van der Waals surface area contributed by atoms with Gasteiger partial charge in [-0.2, -0.15) is 0 Å². The molecule has 3 aliphatic rings. The minimum Gasteiger partial charge on any atom is -0.379 e. The van der Waals surface area contributed by atoms with Crippen molar-refractivity contribution in [1.82, 2.24) is 24.3 Å². The maximum atomic E-state index is 13.1. The van der Waals surface area contributed by atoms with E-state index in [0.717, 1.165) is 78.3 Å². The molecule has 2 amide bonds. The van der Waals surface area contributed by atoms with Gasteiger partial charge in [-0.3, -0.25) is 14.5 Å². The number of likely N-dealkylation sites (tertiary alicyclic amines) is 2. The van der Waals surface area contributed by atoms with Crippen molar-refractivity contribution in [2.24, 2.45) is 11.8 Å². The number of hydrogen-bond donors (Lipinski definition) is 0. The van der Waals surface area contributed by atoms with Crippen LogP contribution in [0.1, 0.15) is 32.1 Å². The Morgan fingerprint density at radius 1 is 1.10 bits per heavy atom.